The fourth-order valence-corrected chi connectivity index (χ4v) is 2.29. The summed E-state index contributed by atoms with van der Waals surface area (Å²) in [5, 5.41) is 3.32. The Bertz CT molecular complexity index is 364. The highest BCUT2D eigenvalue weighted by Crippen LogP contribution is 2.22. The largest absolute Gasteiger partial charge is 0.368 e. The van der Waals surface area contributed by atoms with Gasteiger partial charge in [-0.3, -0.25) is 0 Å². The maximum absolute atomic E-state index is 4.38. The lowest BCUT2D eigenvalue weighted by Crippen LogP contribution is -2.34. The Morgan fingerprint density at radius 2 is 2.24 bits per heavy atom. The van der Waals surface area contributed by atoms with Crippen LogP contribution in [0.25, 0.3) is 0 Å². The molecule has 0 aliphatic carbocycles. The van der Waals surface area contributed by atoms with Gasteiger partial charge in [0.25, 0.3) is 0 Å². The molecule has 1 aliphatic heterocycles. The summed E-state index contributed by atoms with van der Waals surface area (Å²) >= 11 is 0. The molecule has 1 atom stereocenters. The molecule has 17 heavy (non-hydrogen) atoms. The molecule has 4 heteroatoms. The zero-order valence-corrected chi connectivity index (χ0v) is 11.0. The molecule has 0 bridgehead atoms. The molecule has 1 saturated heterocycles. The Labute approximate surface area is 103 Å². The molecule has 1 aromatic rings. The summed E-state index contributed by atoms with van der Waals surface area (Å²) in [6.45, 7) is 8.76. The first-order valence-corrected chi connectivity index (χ1v) is 6.48. The molecule has 1 fully saturated rings. The Kier molecular flexibility index (Phi) is 3.82. The number of aromatic nitrogens is 2. The second kappa shape index (κ2) is 5.34. The highest BCUT2D eigenvalue weighted by Gasteiger charge is 2.17. The van der Waals surface area contributed by atoms with Crippen molar-refractivity contribution in [2.75, 3.05) is 23.3 Å². The molecule has 2 rings (SSSR count). The van der Waals surface area contributed by atoms with E-state index < -0.39 is 0 Å². The first kappa shape index (κ1) is 12.1. The zero-order chi connectivity index (χ0) is 12.3. The van der Waals surface area contributed by atoms with Gasteiger partial charge in [-0.2, -0.15) is 0 Å². The van der Waals surface area contributed by atoms with Crippen LogP contribution in [0.1, 0.15) is 33.6 Å². The van der Waals surface area contributed by atoms with Gasteiger partial charge < -0.3 is 10.2 Å². The van der Waals surface area contributed by atoms with Crippen LogP contribution in [0.4, 0.5) is 11.6 Å². The first-order valence-electron chi connectivity index (χ1n) is 6.48. The van der Waals surface area contributed by atoms with E-state index in [9.17, 15) is 0 Å². The van der Waals surface area contributed by atoms with E-state index in [2.05, 4.69) is 47.0 Å². The minimum atomic E-state index is 0.401. The number of nitrogens with one attached hydrogen (secondary N) is 1. The fourth-order valence-electron chi connectivity index (χ4n) is 2.29. The number of nitrogens with zero attached hydrogens (tertiary/aromatic N) is 3. The summed E-state index contributed by atoms with van der Waals surface area (Å²) in [5.74, 6) is 2.73. The Morgan fingerprint density at radius 3 is 2.94 bits per heavy atom. The van der Waals surface area contributed by atoms with Gasteiger partial charge >= 0.3 is 0 Å². The van der Waals surface area contributed by atoms with Crippen LogP contribution in [0.15, 0.2) is 12.4 Å². The molecular weight excluding hydrogens is 212 g/mol. The van der Waals surface area contributed by atoms with Gasteiger partial charge in [-0.25, -0.2) is 9.97 Å². The van der Waals surface area contributed by atoms with Crippen molar-refractivity contribution >= 4 is 11.6 Å². The van der Waals surface area contributed by atoms with Crippen molar-refractivity contribution < 1.29 is 0 Å². The molecule has 0 spiro atoms. The van der Waals surface area contributed by atoms with E-state index >= 15 is 0 Å². The Hall–Kier alpha value is -1.32. The lowest BCUT2D eigenvalue weighted by atomic mass is 10.0. The first-order chi connectivity index (χ1) is 8.15. The van der Waals surface area contributed by atoms with Crippen molar-refractivity contribution in [1.82, 2.24) is 9.97 Å². The molecule has 1 unspecified atom stereocenters. The van der Waals surface area contributed by atoms with Crippen molar-refractivity contribution in [3.8, 4) is 0 Å². The van der Waals surface area contributed by atoms with E-state index in [1.807, 2.05) is 0 Å². The van der Waals surface area contributed by atoms with Crippen LogP contribution in [-0.2, 0) is 0 Å². The number of anilines is 2. The minimum absolute atomic E-state index is 0.401. The van der Waals surface area contributed by atoms with Crippen LogP contribution in [0, 0.1) is 5.92 Å². The van der Waals surface area contributed by atoms with Gasteiger partial charge in [0, 0.05) is 25.2 Å². The maximum atomic E-state index is 4.38. The van der Waals surface area contributed by atoms with Crippen LogP contribution in [-0.4, -0.2) is 29.1 Å². The van der Waals surface area contributed by atoms with Crippen LogP contribution in [0.5, 0.6) is 0 Å². The lowest BCUT2D eigenvalue weighted by Gasteiger charge is -2.31. The SMILES string of the molecule is CC1CCCN(c2cc(NC(C)C)ncn2)C1. The second-order valence-electron chi connectivity index (χ2n) is 5.25. The Morgan fingerprint density at radius 1 is 1.41 bits per heavy atom. The maximum Gasteiger partial charge on any atom is 0.134 e. The average Bonchev–Trinajstić information content (AvgIpc) is 2.28. The van der Waals surface area contributed by atoms with Gasteiger partial charge in [0.05, 0.1) is 0 Å². The van der Waals surface area contributed by atoms with E-state index in [0.29, 0.717) is 6.04 Å². The third-order valence-corrected chi connectivity index (χ3v) is 3.07. The van der Waals surface area contributed by atoms with E-state index in [0.717, 1.165) is 30.6 Å². The molecular formula is C13H22N4. The van der Waals surface area contributed by atoms with E-state index in [-0.39, 0.29) is 0 Å². The van der Waals surface area contributed by atoms with Crippen molar-refractivity contribution in [3.63, 3.8) is 0 Å². The van der Waals surface area contributed by atoms with E-state index in [4.69, 9.17) is 0 Å². The normalized spacial score (nSPS) is 20.7. The van der Waals surface area contributed by atoms with Crippen LogP contribution < -0.4 is 10.2 Å². The van der Waals surface area contributed by atoms with Crippen molar-refractivity contribution in [1.29, 1.82) is 0 Å². The predicted octanol–water partition coefficient (Wildman–Crippen LogP) is 2.53. The van der Waals surface area contributed by atoms with Crippen molar-refractivity contribution in [3.05, 3.63) is 12.4 Å². The minimum Gasteiger partial charge on any atom is -0.368 e. The monoisotopic (exact) mass is 234 g/mol. The highest BCUT2D eigenvalue weighted by molar-refractivity contribution is 5.49. The van der Waals surface area contributed by atoms with Crippen LogP contribution in [0.2, 0.25) is 0 Å². The van der Waals surface area contributed by atoms with Gasteiger partial charge in [-0.1, -0.05) is 6.92 Å². The number of rotatable bonds is 3. The number of hydrogen-bond donors (Lipinski definition) is 1. The number of hydrogen-bond acceptors (Lipinski definition) is 4. The third kappa shape index (κ3) is 3.32. The topological polar surface area (TPSA) is 41.0 Å². The lowest BCUT2D eigenvalue weighted by molar-refractivity contribution is 0.444. The van der Waals surface area contributed by atoms with Crippen molar-refractivity contribution in [2.24, 2.45) is 5.92 Å². The molecule has 4 nitrogen and oxygen atoms in total. The fraction of sp³-hybridized carbons (Fsp3) is 0.692. The zero-order valence-electron chi connectivity index (χ0n) is 11.0. The summed E-state index contributed by atoms with van der Waals surface area (Å²) in [5.41, 5.74) is 0. The smallest absolute Gasteiger partial charge is 0.134 e. The van der Waals surface area contributed by atoms with Gasteiger partial charge in [0.2, 0.25) is 0 Å². The molecule has 1 N–H and O–H groups in total. The number of piperidine rings is 1. The predicted molar refractivity (Wildman–Crippen MR) is 71.4 cm³/mol. The summed E-state index contributed by atoms with van der Waals surface area (Å²) in [6.07, 6.45) is 4.25. The molecule has 1 aromatic heterocycles. The summed E-state index contributed by atoms with van der Waals surface area (Å²) in [7, 11) is 0. The van der Waals surface area contributed by atoms with Gasteiger partial charge in [0.15, 0.2) is 0 Å². The molecule has 0 amide bonds. The molecule has 1 aliphatic rings. The third-order valence-electron chi connectivity index (χ3n) is 3.07. The highest BCUT2D eigenvalue weighted by atomic mass is 15.2. The van der Waals surface area contributed by atoms with Gasteiger partial charge in [-0.05, 0) is 32.6 Å². The standard InChI is InChI=1S/C13H22N4/c1-10(2)16-12-7-13(15-9-14-12)17-6-4-5-11(3)8-17/h7,9-11H,4-6,8H2,1-3H3,(H,14,15,16). The molecule has 2 heterocycles. The average molecular weight is 234 g/mol. The van der Waals surface area contributed by atoms with Gasteiger partial charge in [-0.15, -0.1) is 0 Å². The summed E-state index contributed by atoms with van der Waals surface area (Å²) in [6, 6.07) is 2.45. The quantitative estimate of drug-likeness (QED) is 0.872. The Balaban J connectivity index is 2.09. The van der Waals surface area contributed by atoms with Crippen LogP contribution >= 0.6 is 0 Å². The molecule has 0 saturated carbocycles. The summed E-state index contributed by atoms with van der Waals surface area (Å²) < 4.78 is 0. The second-order valence-corrected chi connectivity index (χ2v) is 5.25. The van der Waals surface area contributed by atoms with E-state index in [1.165, 1.54) is 12.8 Å². The summed E-state index contributed by atoms with van der Waals surface area (Å²) in [4.78, 5) is 11.0. The van der Waals surface area contributed by atoms with Crippen LogP contribution in [0.3, 0.4) is 0 Å². The molecule has 0 radical (unpaired) electrons. The van der Waals surface area contributed by atoms with E-state index in [1.54, 1.807) is 6.33 Å². The molecule has 0 aromatic carbocycles. The van der Waals surface area contributed by atoms with Gasteiger partial charge in [0.1, 0.15) is 18.0 Å². The van der Waals surface area contributed by atoms with Crippen molar-refractivity contribution in [2.45, 2.75) is 39.7 Å². The molecule has 94 valence electrons.